The minimum atomic E-state index is -0.188. The zero-order valence-electron chi connectivity index (χ0n) is 13.8. The molecule has 3 aromatic rings. The zero-order valence-corrected chi connectivity index (χ0v) is 13.8. The molecule has 0 aliphatic carbocycles. The maximum Gasteiger partial charge on any atom is 0.255 e. The van der Waals surface area contributed by atoms with Crippen LogP contribution in [0.15, 0.2) is 48.5 Å². The number of carbonyl (C=O) groups is 1. The Bertz CT molecular complexity index is 889. The monoisotopic (exact) mass is 322 g/mol. The van der Waals surface area contributed by atoms with Gasteiger partial charge in [0.15, 0.2) is 0 Å². The number of nitrogens with zero attached hydrogens (tertiary/aromatic N) is 1. The molecule has 0 atom stereocenters. The first kappa shape index (κ1) is 15.8. The van der Waals surface area contributed by atoms with E-state index < -0.39 is 0 Å². The molecule has 3 rings (SSSR count). The lowest BCUT2D eigenvalue weighted by molar-refractivity contribution is 0.102. The minimum absolute atomic E-state index is 0.188. The molecule has 1 amide bonds. The molecular formula is C19H18N2O3. The Hall–Kier alpha value is -3.08. The van der Waals surface area contributed by atoms with E-state index in [4.69, 9.17) is 9.47 Å². The zero-order chi connectivity index (χ0) is 17.1. The quantitative estimate of drug-likeness (QED) is 0.793. The van der Waals surface area contributed by atoms with E-state index in [2.05, 4.69) is 10.3 Å². The van der Waals surface area contributed by atoms with Crippen LogP contribution in [0.3, 0.4) is 0 Å². The molecule has 0 unspecified atom stereocenters. The Balaban J connectivity index is 1.98. The minimum Gasteiger partial charge on any atom is -0.497 e. The molecule has 0 bridgehead atoms. The molecule has 1 aromatic heterocycles. The highest BCUT2D eigenvalue weighted by atomic mass is 16.5. The van der Waals surface area contributed by atoms with Gasteiger partial charge < -0.3 is 14.8 Å². The van der Waals surface area contributed by atoms with E-state index in [1.54, 1.807) is 38.5 Å². The lowest BCUT2D eigenvalue weighted by Gasteiger charge is -2.12. The van der Waals surface area contributed by atoms with E-state index in [0.29, 0.717) is 22.7 Å². The van der Waals surface area contributed by atoms with Crippen molar-refractivity contribution in [2.24, 2.45) is 0 Å². The van der Waals surface area contributed by atoms with Crippen molar-refractivity contribution in [3.63, 3.8) is 0 Å². The van der Waals surface area contributed by atoms with E-state index in [1.165, 1.54) is 0 Å². The van der Waals surface area contributed by atoms with Crippen LogP contribution in [0.1, 0.15) is 16.1 Å². The molecular weight excluding hydrogens is 304 g/mol. The highest BCUT2D eigenvalue weighted by Gasteiger charge is 2.12. The van der Waals surface area contributed by atoms with E-state index in [1.807, 2.05) is 31.2 Å². The number of benzene rings is 2. The van der Waals surface area contributed by atoms with Gasteiger partial charge in [0.25, 0.3) is 5.91 Å². The summed E-state index contributed by atoms with van der Waals surface area (Å²) in [6.07, 6.45) is 0. The molecule has 0 saturated heterocycles. The van der Waals surface area contributed by atoms with Crippen molar-refractivity contribution in [2.75, 3.05) is 19.5 Å². The predicted octanol–water partition coefficient (Wildman–Crippen LogP) is 3.81. The van der Waals surface area contributed by atoms with Crippen LogP contribution in [0.5, 0.6) is 11.5 Å². The van der Waals surface area contributed by atoms with E-state index in [-0.39, 0.29) is 5.91 Å². The summed E-state index contributed by atoms with van der Waals surface area (Å²) >= 11 is 0. The topological polar surface area (TPSA) is 60.5 Å². The molecule has 0 aliphatic heterocycles. The summed E-state index contributed by atoms with van der Waals surface area (Å²) in [4.78, 5) is 17.0. The number of para-hydroxylation sites is 1. The summed E-state index contributed by atoms with van der Waals surface area (Å²) in [7, 11) is 3.20. The lowest BCUT2D eigenvalue weighted by atomic mass is 10.1. The fourth-order valence-corrected chi connectivity index (χ4v) is 2.56. The maximum atomic E-state index is 12.5. The van der Waals surface area contributed by atoms with Gasteiger partial charge in [-0.2, -0.15) is 0 Å². The average molecular weight is 322 g/mol. The molecule has 2 aromatic carbocycles. The van der Waals surface area contributed by atoms with Crippen molar-refractivity contribution in [1.82, 2.24) is 4.98 Å². The average Bonchev–Trinajstić information content (AvgIpc) is 2.61. The number of nitrogens with one attached hydrogen (secondary N) is 1. The first-order chi connectivity index (χ1) is 11.6. The largest absolute Gasteiger partial charge is 0.497 e. The van der Waals surface area contributed by atoms with Gasteiger partial charge in [-0.3, -0.25) is 4.79 Å². The predicted molar refractivity (Wildman–Crippen MR) is 94.0 cm³/mol. The van der Waals surface area contributed by atoms with Gasteiger partial charge >= 0.3 is 0 Å². The SMILES string of the molecule is COc1ccc(C(=O)Nc2cc(C)nc3c(OC)cccc23)cc1. The van der Waals surface area contributed by atoms with Crippen LogP contribution in [0.2, 0.25) is 0 Å². The smallest absolute Gasteiger partial charge is 0.255 e. The van der Waals surface area contributed by atoms with Gasteiger partial charge in [-0.05, 0) is 43.3 Å². The number of carbonyl (C=O) groups excluding carboxylic acids is 1. The van der Waals surface area contributed by atoms with E-state index in [0.717, 1.165) is 16.6 Å². The van der Waals surface area contributed by atoms with Crippen molar-refractivity contribution in [3.05, 3.63) is 59.8 Å². The van der Waals surface area contributed by atoms with Crippen LogP contribution in [-0.2, 0) is 0 Å². The number of aromatic nitrogens is 1. The summed E-state index contributed by atoms with van der Waals surface area (Å²) in [6, 6.07) is 14.5. The molecule has 122 valence electrons. The van der Waals surface area contributed by atoms with Crippen LogP contribution >= 0.6 is 0 Å². The number of hydrogen-bond acceptors (Lipinski definition) is 4. The molecule has 0 spiro atoms. The summed E-state index contributed by atoms with van der Waals surface area (Å²) in [5.41, 5.74) is 2.79. The second-order valence-corrected chi connectivity index (χ2v) is 5.35. The number of pyridine rings is 1. The second kappa shape index (κ2) is 6.58. The van der Waals surface area contributed by atoms with Gasteiger partial charge in [-0.25, -0.2) is 4.98 Å². The fourth-order valence-electron chi connectivity index (χ4n) is 2.56. The van der Waals surface area contributed by atoms with E-state index >= 15 is 0 Å². The van der Waals surface area contributed by atoms with Gasteiger partial charge in [0.2, 0.25) is 0 Å². The van der Waals surface area contributed by atoms with Crippen LogP contribution in [0, 0.1) is 6.92 Å². The summed E-state index contributed by atoms with van der Waals surface area (Å²) < 4.78 is 10.5. The van der Waals surface area contributed by atoms with Crippen LogP contribution in [-0.4, -0.2) is 25.1 Å². The van der Waals surface area contributed by atoms with Crippen molar-refractivity contribution >= 4 is 22.5 Å². The van der Waals surface area contributed by atoms with Crippen molar-refractivity contribution in [3.8, 4) is 11.5 Å². The first-order valence-corrected chi connectivity index (χ1v) is 7.52. The molecule has 5 heteroatoms. The van der Waals surface area contributed by atoms with Crippen molar-refractivity contribution in [2.45, 2.75) is 6.92 Å². The number of aryl methyl sites for hydroxylation is 1. The molecule has 5 nitrogen and oxygen atoms in total. The standard InChI is InChI=1S/C19H18N2O3/c1-12-11-16(15-5-4-6-17(24-3)18(15)20-12)21-19(22)13-7-9-14(23-2)10-8-13/h4-11H,1-3H3,(H,20,21,22). The molecule has 0 radical (unpaired) electrons. The van der Waals surface area contributed by atoms with Crippen molar-refractivity contribution in [1.29, 1.82) is 0 Å². The Morgan fingerprint density at radius 1 is 1.04 bits per heavy atom. The number of anilines is 1. The van der Waals surface area contributed by atoms with Gasteiger partial charge in [0.05, 0.1) is 19.9 Å². The second-order valence-electron chi connectivity index (χ2n) is 5.35. The molecule has 24 heavy (non-hydrogen) atoms. The summed E-state index contributed by atoms with van der Waals surface area (Å²) in [5.74, 6) is 1.20. The summed E-state index contributed by atoms with van der Waals surface area (Å²) in [6.45, 7) is 1.88. The lowest BCUT2D eigenvalue weighted by Crippen LogP contribution is -2.12. The third-order valence-electron chi connectivity index (χ3n) is 3.75. The van der Waals surface area contributed by atoms with Crippen LogP contribution in [0.25, 0.3) is 10.9 Å². The van der Waals surface area contributed by atoms with Gasteiger partial charge in [0, 0.05) is 16.6 Å². The Morgan fingerprint density at radius 3 is 2.46 bits per heavy atom. The van der Waals surface area contributed by atoms with Crippen LogP contribution < -0.4 is 14.8 Å². The van der Waals surface area contributed by atoms with Gasteiger partial charge in [-0.15, -0.1) is 0 Å². The third kappa shape index (κ3) is 3.01. The van der Waals surface area contributed by atoms with Crippen LogP contribution in [0.4, 0.5) is 5.69 Å². The first-order valence-electron chi connectivity index (χ1n) is 7.52. The Labute approximate surface area is 140 Å². The Morgan fingerprint density at radius 2 is 1.79 bits per heavy atom. The molecule has 0 saturated carbocycles. The highest BCUT2D eigenvalue weighted by Crippen LogP contribution is 2.30. The molecule has 1 heterocycles. The Kier molecular flexibility index (Phi) is 4.33. The summed E-state index contributed by atoms with van der Waals surface area (Å²) in [5, 5.41) is 3.79. The molecule has 1 N–H and O–H groups in total. The number of rotatable bonds is 4. The normalized spacial score (nSPS) is 10.5. The number of amides is 1. The van der Waals surface area contributed by atoms with Gasteiger partial charge in [-0.1, -0.05) is 12.1 Å². The number of methoxy groups -OCH3 is 2. The number of fused-ring (bicyclic) bond motifs is 1. The molecule has 0 fully saturated rings. The van der Waals surface area contributed by atoms with E-state index in [9.17, 15) is 4.79 Å². The van der Waals surface area contributed by atoms with Crippen molar-refractivity contribution < 1.29 is 14.3 Å². The van der Waals surface area contributed by atoms with Gasteiger partial charge in [0.1, 0.15) is 17.0 Å². The highest BCUT2D eigenvalue weighted by molar-refractivity contribution is 6.09. The maximum absolute atomic E-state index is 12.5. The number of hydrogen-bond donors (Lipinski definition) is 1. The molecule has 0 aliphatic rings. The third-order valence-corrected chi connectivity index (χ3v) is 3.75. The number of ether oxygens (including phenoxy) is 2. The fraction of sp³-hybridized carbons (Fsp3) is 0.158.